The number of non-ortho nitro benzene ring substituents is 1. The number of aromatic nitrogens is 1. The van der Waals surface area contributed by atoms with Crippen LogP contribution in [0.15, 0.2) is 58.7 Å². The predicted octanol–water partition coefficient (Wildman–Crippen LogP) is 4.55. The molecular formula is C19H11N5O3S2. The van der Waals surface area contributed by atoms with Crippen molar-refractivity contribution in [3.63, 3.8) is 0 Å². The Hall–Kier alpha value is -3.55. The van der Waals surface area contributed by atoms with Gasteiger partial charge in [0.15, 0.2) is 10.8 Å². The summed E-state index contributed by atoms with van der Waals surface area (Å²) in [5, 5.41) is 27.8. The molecule has 0 saturated carbocycles. The van der Waals surface area contributed by atoms with Crippen LogP contribution in [0.3, 0.4) is 0 Å². The number of thioether (sulfide) groups is 1. The number of allylic oxidation sites excluding steroid dienone is 1. The molecule has 1 aliphatic heterocycles. The molecule has 29 heavy (non-hydrogen) atoms. The average Bonchev–Trinajstić information content (AvgIpc) is 3.33. The fraction of sp³-hybridized carbons (Fsp3) is 0.0526. The van der Waals surface area contributed by atoms with Crippen molar-refractivity contribution in [1.82, 2.24) is 4.98 Å². The first kappa shape index (κ1) is 18.8. The molecule has 0 fully saturated rings. The third-order valence-corrected chi connectivity index (χ3v) is 6.18. The zero-order valence-corrected chi connectivity index (χ0v) is 16.5. The van der Waals surface area contributed by atoms with Crippen molar-refractivity contribution in [2.75, 3.05) is 5.01 Å². The number of nitriles is 1. The van der Waals surface area contributed by atoms with Gasteiger partial charge >= 0.3 is 0 Å². The second kappa shape index (κ2) is 7.46. The first-order chi connectivity index (χ1) is 14.0. The molecule has 0 aliphatic carbocycles. The van der Waals surface area contributed by atoms with E-state index in [9.17, 15) is 20.2 Å². The van der Waals surface area contributed by atoms with Gasteiger partial charge in [-0.15, -0.1) is 11.3 Å². The first-order valence-corrected chi connectivity index (χ1v) is 9.93. The van der Waals surface area contributed by atoms with Gasteiger partial charge in [0, 0.05) is 19.1 Å². The molecule has 1 aromatic heterocycles. The quantitative estimate of drug-likeness (QED) is 0.345. The lowest BCUT2D eigenvalue weighted by Gasteiger charge is -2.16. The Morgan fingerprint density at radius 2 is 2.03 bits per heavy atom. The van der Waals surface area contributed by atoms with Gasteiger partial charge < -0.3 is 0 Å². The molecule has 142 valence electrons. The smallest absolute Gasteiger partial charge is 0.271 e. The van der Waals surface area contributed by atoms with E-state index in [4.69, 9.17) is 0 Å². The number of anilines is 1. The van der Waals surface area contributed by atoms with Gasteiger partial charge in [-0.25, -0.2) is 9.99 Å². The van der Waals surface area contributed by atoms with Gasteiger partial charge in [-0.2, -0.15) is 10.4 Å². The summed E-state index contributed by atoms with van der Waals surface area (Å²) in [6, 6.07) is 15.6. The fourth-order valence-electron chi connectivity index (χ4n) is 2.67. The van der Waals surface area contributed by atoms with E-state index in [2.05, 4.69) is 16.2 Å². The molecule has 2 heterocycles. The van der Waals surface area contributed by atoms with Crippen LogP contribution in [0.1, 0.15) is 11.9 Å². The van der Waals surface area contributed by atoms with Crippen LogP contribution in [0.2, 0.25) is 0 Å². The topological polar surface area (TPSA) is 112 Å². The molecule has 10 heteroatoms. The highest BCUT2D eigenvalue weighted by Crippen LogP contribution is 2.41. The normalized spacial score (nSPS) is 15.2. The highest BCUT2D eigenvalue weighted by Gasteiger charge is 2.31. The molecule has 0 amide bonds. The van der Waals surface area contributed by atoms with E-state index >= 15 is 0 Å². The van der Waals surface area contributed by atoms with E-state index in [0.29, 0.717) is 15.7 Å². The lowest BCUT2D eigenvalue weighted by atomic mass is 10.2. The highest BCUT2D eigenvalue weighted by atomic mass is 32.2. The number of Topliss-reactive ketones (excluding diaryl/α,β-unsaturated/α-hetero) is 1. The molecule has 0 saturated heterocycles. The Labute approximate surface area is 172 Å². The third kappa shape index (κ3) is 3.49. The van der Waals surface area contributed by atoms with Crippen molar-refractivity contribution >= 4 is 61.1 Å². The Morgan fingerprint density at radius 3 is 2.72 bits per heavy atom. The second-order valence-electron chi connectivity index (χ2n) is 5.93. The summed E-state index contributed by atoms with van der Waals surface area (Å²) in [7, 11) is 0. The van der Waals surface area contributed by atoms with Crippen LogP contribution in [-0.4, -0.2) is 20.7 Å². The molecule has 0 atom stereocenters. The van der Waals surface area contributed by atoms with Crippen LogP contribution in [0, 0.1) is 21.4 Å². The number of carbonyl (C=O) groups is 1. The standard InChI is InChI=1S/C19H11N5O3S2/c1-11(25)17-22-23(12-5-4-6-13(9-12)24(26)27)19(29-17)14(10-20)18-21-15-7-2-3-8-16(15)28-18/h2-9H,1H3/b19-14-. The number of hydrogen-bond donors (Lipinski definition) is 0. The van der Waals surface area contributed by atoms with Gasteiger partial charge in [0.05, 0.1) is 20.8 Å². The SMILES string of the molecule is CC(=O)C1=NN(c2cccc([N+](=O)[O-])c2)/C(=C(\C#N)c2nc3ccccc3s2)S1. The maximum Gasteiger partial charge on any atom is 0.271 e. The monoisotopic (exact) mass is 421 g/mol. The lowest BCUT2D eigenvalue weighted by molar-refractivity contribution is -0.384. The van der Waals surface area contributed by atoms with E-state index < -0.39 is 4.92 Å². The maximum absolute atomic E-state index is 11.9. The minimum Gasteiger partial charge on any atom is -0.292 e. The summed E-state index contributed by atoms with van der Waals surface area (Å²) in [6.45, 7) is 1.38. The number of hydrogen-bond acceptors (Lipinski definition) is 9. The zero-order chi connectivity index (χ0) is 20.5. The molecule has 0 N–H and O–H groups in total. The number of nitrogens with zero attached hydrogens (tertiary/aromatic N) is 5. The Kier molecular flexibility index (Phi) is 4.84. The number of nitro benzene ring substituents is 1. The number of hydrazone groups is 1. The summed E-state index contributed by atoms with van der Waals surface area (Å²) in [5.74, 6) is -0.262. The van der Waals surface area contributed by atoms with E-state index in [1.807, 2.05) is 24.3 Å². The largest absolute Gasteiger partial charge is 0.292 e. The second-order valence-corrected chi connectivity index (χ2v) is 7.94. The molecule has 0 radical (unpaired) electrons. The number of carbonyl (C=O) groups excluding carboxylic acids is 1. The number of rotatable bonds is 4. The van der Waals surface area contributed by atoms with Gasteiger partial charge in [-0.1, -0.05) is 18.2 Å². The lowest BCUT2D eigenvalue weighted by Crippen LogP contribution is -2.11. The Balaban J connectivity index is 1.89. The van der Waals surface area contributed by atoms with E-state index in [1.54, 1.807) is 6.07 Å². The van der Waals surface area contributed by atoms with Gasteiger partial charge in [0.25, 0.3) is 5.69 Å². The third-order valence-electron chi connectivity index (χ3n) is 4.00. The van der Waals surface area contributed by atoms with Crippen LogP contribution >= 0.6 is 23.1 Å². The van der Waals surface area contributed by atoms with E-state index in [-0.39, 0.29) is 22.1 Å². The number of para-hydroxylation sites is 1. The molecule has 2 aromatic carbocycles. The van der Waals surface area contributed by atoms with Crippen LogP contribution in [0.4, 0.5) is 11.4 Å². The average molecular weight is 421 g/mol. The molecule has 0 spiro atoms. The van der Waals surface area contributed by atoms with Crippen molar-refractivity contribution in [2.45, 2.75) is 6.92 Å². The van der Waals surface area contributed by atoms with Crippen molar-refractivity contribution in [2.24, 2.45) is 5.10 Å². The van der Waals surface area contributed by atoms with Crippen molar-refractivity contribution in [3.05, 3.63) is 68.7 Å². The van der Waals surface area contributed by atoms with E-state index in [0.717, 1.165) is 22.0 Å². The number of nitro groups is 1. The number of thiazole rings is 1. The van der Waals surface area contributed by atoms with E-state index in [1.165, 1.54) is 41.5 Å². The van der Waals surface area contributed by atoms with Crippen molar-refractivity contribution in [1.29, 1.82) is 5.26 Å². The molecule has 0 unspecified atom stereocenters. The molecular weight excluding hydrogens is 410 g/mol. The number of fused-ring (bicyclic) bond motifs is 1. The molecule has 1 aliphatic rings. The Bertz CT molecular complexity index is 1240. The first-order valence-electron chi connectivity index (χ1n) is 8.30. The van der Waals surface area contributed by atoms with Gasteiger partial charge in [0.1, 0.15) is 21.7 Å². The summed E-state index contributed by atoms with van der Waals surface area (Å²) in [6.07, 6.45) is 0. The predicted molar refractivity (Wildman–Crippen MR) is 113 cm³/mol. The highest BCUT2D eigenvalue weighted by molar-refractivity contribution is 8.19. The zero-order valence-electron chi connectivity index (χ0n) is 14.9. The maximum atomic E-state index is 11.9. The minimum absolute atomic E-state index is 0.114. The summed E-state index contributed by atoms with van der Waals surface area (Å²) >= 11 is 2.41. The fourth-order valence-corrected chi connectivity index (χ4v) is 4.62. The van der Waals surface area contributed by atoms with Crippen LogP contribution in [0.5, 0.6) is 0 Å². The summed E-state index contributed by atoms with van der Waals surface area (Å²) in [4.78, 5) is 27.1. The minimum atomic E-state index is -0.509. The van der Waals surface area contributed by atoms with Crippen LogP contribution < -0.4 is 5.01 Å². The number of ketones is 1. The molecule has 0 bridgehead atoms. The molecule has 8 nitrogen and oxygen atoms in total. The van der Waals surface area contributed by atoms with Crippen LogP contribution in [0.25, 0.3) is 15.8 Å². The van der Waals surface area contributed by atoms with Gasteiger partial charge in [-0.05, 0) is 30.0 Å². The van der Waals surface area contributed by atoms with Crippen LogP contribution in [-0.2, 0) is 4.79 Å². The Morgan fingerprint density at radius 1 is 1.24 bits per heavy atom. The molecule has 3 aromatic rings. The van der Waals surface area contributed by atoms with Crippen molar-refractivity contribution < 1.29 is 9.72 Å². The molecule has 4 rings (SSSR count). The number of benzene rings is 2. The summed E-state index contributed by atoms with van der Waals surface area (Å²) < 4.78 is 0.924. The van der Waals surface area contributed by atoms with Crippen molar-refractivity contribution in [3.8, 4) is 6.07 Å². The summed E-state index contributed by atoms with van der Waals surface area (Å²) in [5.41, 5.74) is 1.28. The van der Waals surface area contributed by atoms with Gasteiger partial charge in [-0.3, -0.25) is 14.9 Å². The van der Waals surface area contributed by atoms with Gasteiger partial charge in [0.2, 0.25) is 0 Å².